The van der Waals surface area contributed by atoms with E-state index in [1.807, 2.05) is 4.90 Å². The molecular weight excluding hydrogens is 302 g/mol. The molecule has 24 heavy (non-hydrogen) atoms. The Morgan fingerprint density at radius 1 is 1.12 bits per heavy atom. The van der Waals surface area contributed by atoms with Crippen LogP contribution < -0.4 is 0 Å². The van der Waals surface area contributed by atoms with Crippen LogP contribution in [-0.2, 0) is 9.47 Å². The van der Waals surface area contributed by atoms with E-state index in [0.717, 1.165) is 25.8 Å². The van der Waals surface area contributed by atoms with E-state index >= 15 is 0 Å². The molecule has 1 aliphatic heterocycles. The number of carbonyl (C=O) groups is 1. The van der Waals surface area contributed by atoms with Gasteiger partial charge in [-0.05, 0) is 49.5 Å². The molecular formula is C20H29NO3. The Labute approximate surface area is 145 Å². The lowest BCUT2D eigenvalue weighted by Gasteiger charge is -2.32. The largest absolute Gasteiger partial charge is 0.453 e. The lowest BCUT2D eigenvalue weighted by molar-refractivity contribution is -0.00841. The van der Waals surface area contributed by atoms with Crippen LogP contribution in [0.4, 0.5) is 4.79 Å². The fourth-order valence-electron chi connectivity index (χ4n) is 4.13. The molecule has 1 aromatic rings. The standard InChI is InChI=1S/C20H29NO3/c1-15-12-13-21(20(22)23-2)19(15)14-24-18-10-8-17(9-11-18)16-6-4-3-5-7-16/h3-7,15,17-19H,8-14H2,1-2H3/t15-,17?,18?,19?/m0/s1. The molecule has 3 rings (SSSR count). The first-order valence-electron chi connectivity index (χ1n) is 9.20. The molecule has 0 bridgehead atoms. The Morgan fingerprint density at radius 2 is 1.83 bits per heavy atom. The van der Waals surface area contributed by atoms with E-state index in [1.54, 1.807) is 0 Å². The zero-order chi connectivity index (χ0) is 16.9. The van der Waals surface area contributed by atoms with Crippen LogP contribution in [0.5, 0.6) is 0 Å². The van der Waals surface area contributed by atoms with Gasteiger partial charge in [0.05, 0.1) is 25.9 Å². The second kappa shape index (κ2) is 8.02. The predicted octanol–water partition coefficient (Wildman–Crippen LogP) is 4.21. The van der Waals surface area contributed by atoms with E-state index in [2.05, 4.69) is 37.3 Å². The van der Waals surface area contributed by atoms with Crippen molar-refractivity contribution in [1.29, 1.82) is 0 Å². The molecule has 2 aliphatic rings. The van der Waals surface area contributed by atoms with E-state index in [1.165, 1.54) is 25.5 Å². The van der Waals surface area contributed by atoms with E-state index in [0.29, 0.717) is 24.5 Å². The number of ether oxygens (including phenoxy) is 2. The number of amides is 1. The summed E-state index contributed by atoms with van der Waals surface area (Å²) in [5.74, 6) is 1.15. The van der Waals surface area contributed by atoms with Crippen molar-refractivity contribution in [3.05, 3.63) is 35.9 Å². The average Bonchev–Trinajstić information content (AvgIpc) is 3.01. The van der Waals surface area contributed by atoms with E-state index < -0.39 is 0 Å². The highest BCUT2D eigenvalue weighted by molar-refractivity contribution is 5.68. The highest BCUT2D eigenvalue weighted by Crippen LogP contribution is 2.34. The van der Waals surface area contributed by atoms with Gasteiger partial charge in [-0.1, -0.05) is 37.3 Å². The van der Waals surface area contributed by atoms with Crippen LogP contribution in [0.25, 0.3) is 0 Å². The molecule has 4 nitrogen and oxygen atoms in total. The third kappa shape index (κ3) is 3.92. The SMILES string of the molecule is COC(=O)N1CC[C@H](C)C1COC1CCC(c2ccccc2)CC1. The van der Waals surface area contributed by atoms with Gasteiger partial charge in [0.25, 0.3) is 0 Å². The van der Waals surface area contributed by atoms with Gasteiger partial charge in [-0.2, -0.15) is 0 Å². The molecule has 0 aromatic heterocycles. The molecule has 0 N–H and O–H groups in total. The van der Waals surface area contributed by atoms with Crippen LogP contribution in [0.2, 0.25) is 0 Å². The van der Waals surface area contributed by atoms with Gasteiger partial charge in [0.15, 0.2) is 0 Å². The summed E-state index contributed by atoms with van der Waals surface area (Å²) < 4.78 is 11.1. The number of hydrogen-bond donors (Lipinski definition) is 0. The van der Waals surface area contributed by atoms with Crippen molar-refractivity contribution in [1.82, 2.24) is 4.90 Å². The summed E-state index contributed by atoms with van der Waals surface area (Å²) in [6.07, 6.45) is 5.74. The number of likely N-dealkylation sites (tertiary alicyclic amines) is 1. The lowest BCUT2D eigenvalue weighted by Crippen LogP contribution is -2.41. The summed E-state index contributed by atoms with van der Waals surface area (Å²) in [6, 6.07) is 11.0. The van der Waals surface area contributed by atoms with Crippen molar-refractivity contribution in [2.75, 3.05) is 20.3 Å². The summed E-state index contributed by atoms with van der Waals surface area (Å²) in [5, 5.41) is 0. The van der Waals surface area contributed by atoms with Crippen molar-refractivity contribution in [3.63, 3.8) is 0 Å². The first-order valence-corrected chi connectivity index (χ1v) is 9.20. The van der Waals surface area contributed by atoms with Crippen LogP contribution in [0.1, 0.15) is 50.5 Å². The first kappa shape index (κ1) is 17.3. The molecule has 1 aliphatic carbocycles. The molecule has 132 valence electrons. The second-order valence-corrected chi connectivity index (χ2v) is 7.21. The summed E-state index contributed by atoms with van der Waals surface area (Å²) in [5.41, 5.74) is 1.46. The number of rotatable bonds is 4. The van der Waals surface area contributed by atoms with Gasteiger partial charge in [0.1, 0.15) is 0 Å². The maximum absolute atomic E-state index is 11.9. The third-order valence-electron chi connectivity index (χ3n) is 5.74. The van der Waals surface area contributed by atoms with E-state index in [9.17, 15) is 4.79 Å². The lowest BCUT2D eigenvalue weighted by atomic mass is 9.83. The van der Waals surface area contributed by atoms with Crippen LogP contribution in [0, 0.1) is 5.92 Å². The first-order chi connectivity index (χ1) is 11.7. The maximum Gasteiger partial charge on any atom is 0.409 e. The smallest absolute Gasteiger partial charge is 0.409 e. The average molecular weight is 331 g/mol. The zero-order valence-corrected chi connectivity index (χ0v) is 14.8. The summed E-state index contributed by atoms with van der Waals surface area (Å²) >= 11 is 0. The molecule has 1 amide bonds. The van der Waals surface area contributed by atoms with Gasteiger partial charge >= 0.3 is 6.09 Å². The molecule has 1 unspecified atom stereocenters. The molecule has 2 atom stereocenters. The zero-order valence-electron chi connectivity index (χ0n) is 14.8. The Balaban J connectivity index is 1.47. The molecule has 1 heterocycles. The maximum atomic E-state index is 11.9. The van der Waals surface area contributed by atoms with Crippen LogP contribution in [0.15, 0.2) is 30.3 Å². The minimum Gasteiger partial charge on any atom is -0.453 e. The van der Waals surface area contributed by atoms with Gasteiger partial charge in [-0.25, -0.2) is 4.79 Å². The van der Waals surface area contributed by atoms with Crippen molar-refractivity contribution < 1.29 is 14.3 Å². The topological polar surface area (TPSA) is 38.8 Å². The van der Waals surface area contributed by atoms with Gasteiger partial charge < -0.3 is 14.4 Å². The Hall–Kier alpha value is -1.55. The van der Waals surface area contributed by atoms with Crippen molar-refractivity contribution in [2.24, 2.45) is 5.92 Å². The quantitative estimate of drug-likeness (QED) is 0.830. The Bertz CT molecular complexity index is 525. The monoisotopic (exact) mass is 331 g/mol. The number of nitrogens with zero attached hydrogens (tertiary/aromatic N) is 1. The van der Waals surface area contributed by atoms with Crippen molar-refractivity contribution >= 4 is 6.09 Å². The van der Waals surface area contributed by atoms with E-state index in [-0.39, 0.29) is 12.1 Å². The van der Waals surface area contributed by atoms with Gasteiger partial charge in [0.2, 0.25) is 0 Å². The number of benzene rings is 1. The number of carbonyl (C=O) groups excluding carboxylic acids is 1. The molecule has 4 heteroatoms. The van der Waals surface area contributed by atoms with Crippen LogP contribution >= 0.6 is 0 Å². The molecule has 1 aromatic carbocycles. The molecule has 2 fully saturated rings. The minimum atomic E-state index is -0.222. The minimum absolute atomic E-state index is 0.157. The van der Waals surface area contributed by atoms with Crippen LogP contribution in [0.3, 0.4) is 0 Å². The second-order valence-electron chi connectivity index (χ2n) is 7.21. The molecule has 1 saturated heterocycles. The molecule has 0 spiro atoms. The number of methoxy groups -OCH3 is 1. The normalized spacial score (nSPS) is 30.3. The fraction of sp³-hybridized carbons (Fsp3) is 0.650. The highest BCUT2D eigenvalue weighted by atomic mass is 16.5. The summed E-state index contributed by atoms with van der Waals surface area (Å²) in [7, 11) is 1.45. The molecule has 0 radical (unpaired) electrons. The third-order valence-corrected chi connectivity index (χ3v) is 5.74. The highest BCUT2D eigenvalue weighted by Gasteiger charge is 2.36. The van der Waals surface area contributed by atoms with E-state index in [4.69, 9.17) is 9.47 Å². The summed E-state index contributed by atoms with van der Waals surface area (Å²) in [6.45, 7) is 3.61. The predicted molar refractivity (Wildman–Crippen MR) is 94.1 cm³/mol. The van der Waals surface area contributed by atoms with Crippen molar-refractivity contribution in [3.8, 4) is 0 Å². The summed E-state index contributed by atoms with van der Waals surface area (Å²) in [4.78, 5) is 13.7. The fourth-order valence-corrected chi connectivity index (χ4v) is 4.13. The Kier molecular flexibility index (Phi) is 5.77. The van der Waals surface area contributed by atoms with Gasteiger partial charge in [-0.15, -0.1) is 0 Å². The Morgan fingerprint density at radius 3 is 2.50 bits per heavy atom. The van der Waals surface area contributed by atoms with Crippen LogP contribution in [-0.4, -0.2) is 43.4 Å². The van der Waals surface area contributed by atoms with Gasteiger partial charge in [0, 0.05) is 6.54 Å². The van der Waals surface area contributed by atoms with Crippen molar-refractivity contribution in [2.45, 2.75) is 57.1 Å². The number of hydrogen-bond acceptors (Lipinski definition) is 3. The van der Waals surface area contributed by atoms with Gasteiger partial charge in [-0.3, -0.25) is 0 Å². The molecule has 1 saturated carbocycles.